The third-order valence-electron chi connectivity index (χ3n) is 5.92. The predicted molar refractivity (Wildman–Crippen MR) is 93.4 cm³/mol. The molecule has 4 nitrogen and oxygen atoms in total. The van der Waals surface area contributed by atoms with Crippen LogP contribution in [-0.4, -0.2) is 28.9 Å². The molecule has 2 fully saturated rings. The fourth-order valence-corrected chi connectivity index (χ4v) is 4.48. The summed E-state index contributed by atoms with van der Waals surface area (Å²) in [7, 11) is 0. The molecule has 1 aliphatic heterocycles. The van der Waals surface area contributed by atoms with Gasteiger partial charge in [-0.1, -0.05) is 31.0 Å². The maximum absolute atomic E-state index is 12.9. The number of hydrogen-bond acceptors (Lipinski definition) is 2. The number of nitrogens with zero attached hydrogens (tertiary/aromatic N) is 2. The first-order chi connectivity index (χ1) is 11.7. The number of aromatic nitrogens is 1. The molecular weight excluding hydrogens is 298 g/mol. The van der Waals surface area contributed by atoms with Crippen molar-refractivity contribution in [2.24, 2.45) is 5.41 Å². The van der Waals surface area contributed by atoms with Crippen LogP contribution in [0.1, 0.15) is 50.0 Å². The molecule has 4 heteroatoms. The molecule has 1 aromatic heterocycles. The summed E-state index contributed by atoms with van der Waals surface area (Å²) in [5.41, 5.74) is 1.82. The monoisotopic (exact) mass is 321 g/mol. The van der Waals surface area contributed by atoms with Gasteiger partial charge in [0.25, 0.3) is 0 Å². The average molecular weight is 321 g/mol. The van der Waals surface area contributed by atoms with Gasteiger partial charge in [-0.25, -0.2) is 0 Å². The Morgan fingerprint density at radius 2 is 1.92 bits per heavy atom. The molecule has 2 aliphatic rings. The minimum Gasteiger partial charge on any atom is -0.361 e. The number of amides is 1. The van der Waals surface area contributed by atoms with Gasteiger partial charge in [0.2, 0.25) is 5.91 Å². The lowest BCUT2D eigenvalue weighted by atomic mass is 9.84. The quantitative estimate of drug-likeness (QED) is 0.910. The molecule has 0 atom stereocenters. The number of carbonyl (C=O) groups excluding carboxylic acids is 1. The zero-order chi connectivity index (χ0) is 16.6. The van der Waals surface area contributed by atoms with E-state index in [0.29, 0.717) is 5.92 Å². The first kappa shape index (κ1) is 15.3. The normalized spacial score (nSPS) is 21.0. The van der Waals surface area contributed by atoms with Crippen LogP contribution in [0.25, 0.3) is 10.9 Å². The highest BCUT2D eigenvalue weighted by Gasteiger charge is 2.44. The summed E-state index contributed by atoms with van der Waals surface area (Å²) < 4.78 is 0. The number of nitrogens with one attached hydrogen (secondary N) is 1. The van der Waals surface area contributed by atoms with Crippen molar-refractivity contribution in [1.29, 1.82) is 5.26 Å². The van der Waals surface area contributed by atoms with Crippen LogP contribution in [-0.2, 0) is 4.79 Å². The summed E-state index contributed by atoms with van der Waals surface area (Å²) in [5.74, 6) is 0.576. The summed E-state index contributed by atoms with van der Waals surface area (Å²) in [4.78, 5) is 18.2. The van der Waals surface area contributed by atoms with Gasteiger partial charge in [0.15, 0.2) is 0 Å². The van der Waals surface area contributed by atoms with E-state index in [9.17, 15) is 10.1 Å². The molecular formula is C20H23N3O. The van der Waals surface area contributed by atoms with E-state index in [2.05, 4.69) is 35.4 Å². The van der Waals surface area contributed by atoms with Gasteiger partial charge in [0, 0.05) is 30.2 Å². The molecule has 2 heterocycles. The highest BCUT2D eigenvalue weighted by Crippen LogP contribution is 2.41. The number of benzene rings is 1. The number of fused-ring (bicyclic) bond motifs is 1. The van der Waals surface area contributed by atoms with Gasteiger partial charge in [-0.15, -0.1) is 0 Å². The van der Waals surface area contributed by atoms with Gasteiger partial charge in [0.05, 0.1) is 6.07 Å². The molecule has 1 saturated carbocycles. The predicted octanol–water partition coefficient (Wildman–Crippen LogP) is 3.96. The SMILES string of the molecule is N#CC1(C(=O)N2CCC(c3c[nH]c4ccccc34)CC2)CCCC1. The molecule has 2 aromatic rings. The molecule has 1 saturated heterocycles. The highest BCUT2D eigenvalue weighted by atomic mass is 16.2. The van der Waals surface area contributed by atoms with E-state index in [1.165, 1.54) is 16.5 Å². The maximum Gasteiger partial charge on any atom is 0.243 e. The van der Waals surface area contributed by atoms with E-state index in [4.69, 9.17) is 0 Å². The number of H-pyrrole nitrogens is 1. The second-order valence-electron chi connectivity index (χ2n) is 7.26. The molecule has 1 aliphatic carbocycles. The molecule has 0 bridgehead atoms. The second kappa shape index (κ2) is 5.98. The first-order valence-electron chi connectivity index (χ1n) is 9.00. The molecule has 4 rings (SSSR count). The lowest BCUT2D eigenvalue weighted by Gasteiger charge is -2.35. The largest absolute Gasteiger partial charge is 0.361 e. The smallest absolute Gasteiger partial charge is 0.243 e. The van der Waals surface area contributed by atoms with Gasteiger partial charge in [-0.05, 0) is 43.2 Å². The summed E-state index contributed by atoms with van der Waals surface area (Å²) >= 11 is 0. The van der Waals surface area contributed by atoms with Crippen molar-refractivity contribution in [1.82, 2.24) is 9.88 Å². The standard InChI is InChI=1S/C20H23N3O/c21-14-20(9-3-4-10-20)19(24)23-11-7-15(8-12-23)17-13-22-18-6-2-1-5-16(17)18/h1-2,5-6,13,15,22H,3-4,7-12H2. The number of piperidine rings is 1. The Bertz CT molecular complexity index is 787. The topological polar surface area (TPSA) is 59.9 Å². The Labute approximate surface area is 142 Å². The molecule has 1 aromatic carbocycles. The Morgan fingerprint density at radius 1 is 1.21 bits per heavy atom. The molecule has 0 radical (unpaired) electrons. The average Bonchev–Trinajstić information content (AvgIpc) is 3.29. The van der Waals surface area contributed by atoms with Crippen LogP contribution in [0.15, 0.2) is 30.5 Å². The summed E-state index contributed by atoms with van der Waals surface area (Å²) in [6.45, 7) is 1.54. The molecule has 0 unspecified atom stereocenters. The van der Waals surface area contributed by atoms with Gasteiger partial charge in [0.1, 0.15) is 5.41 Å². The number of likely N-dealkylation sites (tertiary alicyclic amines) is 1. The molecule has 24 heavy (non-hydrogen) atoms. The van der Waals surface area contributed by atoms with Crippen LogP contribution in [0.4, 0.5) is 0 Å². The lowest BCUT2D eigenvalue weighted by Crippen LogP contribution is -2.45. The van der Waals surface area contributed by atoms with E-state index in [-0.39, 0.29) is 5.91 Å². The Morgan fingerprint density at radius 3 is 2.62 bits per heavy atom. The third-order valence-corrected chi connectivity index (χ3v) is 5.92. The second-order valence-corrected chi connectivity index (χ2v) is 7.26. The minimum absolute atomic E-state index is 0.0832. The van der Waals surface area contributed by atoms with Crippen molar-refractivity contribution in [2.45, 2.75) is 44.4 Å². The fraction of sp³-hybridized carbons (Fsp3) is 0.500. The van der Waals surface area contributed by atoms with Gasteiger partial charge < -0.3 is 9.88 Å². The van der Waals surface area contributed by atoms with Gasteiger partial charge in [-0.2, -0.15) is 5.26 Å². The van der Waals surface area contributed by atoms with Crippen molar-refractivity contribution < 1.29 is 4.79 Å². The Balaban J connectivity index is 1.47. The minimum atomic E-state index is -0.729. The Hall–Kier alpha value is -2.28. The van der Waals surface area contributed by atoms with Crippen molar-refractivity contribution in [3.8, 4) is 6.07 Å². The number of rotatable bonds is 2. The van der Waals surface area contributed by atoms with Crippen LogP contribution in [0.3, 0.4) is 0 Å². The molecule has 1 amide bonds. The maximum atomic E-state index is 12.9. The van der Waals surface area contributed by atoms with E-state index in [1.807, 2.05) is 11.0 Å². The van der Waals surface area contributed by atoms with Gasteiger partial charge >= 0.3 is 0 Å². The number of carbonyl (C=O) groups is 1. The number of aromatic amines is 1. The van der Waals surface area contributed by atoms with Crippen LogP contribution in [0.5, 0.6) is 0 Å². The Kier molecular flexibility index (Phi) is 3.80. The highest BCUT2D eigenvalue weighted by molar-refractivity contribution is 5.86. The summed E-state index contributed by atoms with van der Waals surface area (Å²) in [6, 6.07) is 10.7. The fourth-order valence-electron chi connectivity index (χ4n) is 4.48. The number of hydrogen-bond donors (Lipinski definition) is 1. The third kappa shape index (κ3) is 2.39. The molecule has 124 valence electrons. The zero-order valence-electron chi connectivity index (χ0n) is 13.9. The van der Waals surface area contributed by atoms with Crippen LogP contribution < -0.4 is 0 Å². The lowest BCUT2D eigenvalue weighted by molar-refractivity contribution is -0.139. The van der Waals surface area contributed by atoms with E-state index < -0.39 is 5.41 Å². The summed E-state index contributed by atoms with van der Waals surface area (Å²) in [6.07, 6.45) is 7.58. The first-order valence-corrected chi connectivity index (χ1v) is 9.00. The van der Waals surface area contributed by atoms with Crippen LogP contribution >= 0.6 is 0 Å². The van der Waals surface area contributed by atoms with Crippen molar-refractivity contribution >= 4 is 16.8 Å². The van der Waals surface area contributed by atoms with Crippen molar-refractivity contribution in [3.63, 3.8) is 0 Å². The van der Waals surface area contributed by atoms with Crippen molar-refractivity contribution in [3.05, 3.63) is 36.0 Å². The van der Waals surface area contributed by atoms with Crippen LogP contribution in [0, 0.1) is 16.7 Å². The van der Waals surface area contributed by atoms with Crippen LogP contribution in [0.2, 0.25) is 0 Å². The van der Waals surface area contributed by atoms with E-state index in [1.54, 1.807) is 0 Å². The van der Waals surface area contributed by atoms with E-state index >= 15 is 0 Å². The summed E-state index contributed by atoms with van der Waals surface area (Å²) in [5, 5.41) is 10.8. The van der Waals surface area contributed by atoms with Crippen molar-refractivity contribution in [2.75, 3.05) is 13.1 Å². The van der Waals surface area contributed by atoms with Gasteiger partial charge in [-0.3, -0.25) is 4.79 Å². The number of nitriles is 1. The zero-order valence-corrected chi connectivity index (χ0v) is 13.9. The van der Waals surface area contributed by atoms with E-state index in [0.717, 1.165) is 51.6 Å². The number of para-hydroxylation sites is 1. The molecule has 0 spiro atoms. The molecule has 1 N–H and O–H groups in total.